The summed E-state index contributed by atoms with van der Waals surface area (Å²) < 4.78 is 4.91. The summed E-state index contributed by atoms with van der Waals surface area (Å²) in [5.41, 5.74) is 10.0. The fourth-order valence-electron chi connectivity index (χ4n) is 5.85. The van der Waals surface area contributed by atoms with Gasteiger partial charge in [-0.1, -0.05) is 84.9 Å². The van der Waals surface area contributed by atoms with E-state index in [-0.39, 0.29) is 0 Å². The molecule has 2 heteroatoms. The molecule has 2 nitrogen and oxygen atoms in total. The predicted molar refractivity (Wildman–Crippen MR) is 143 cm³/mol. The molecule has 0 aliphatic heterocycles. The lowest BCUT2D eigenvalue weighted by molar-refractivity contribution is 1.18. The van der Waals surface area contributed by atoms with Crippen molar-refractivity contribution in [1.29, 1.82) is 0 Å². The van der Waals surface area contributed by atoms with Crippen molar-refractivity contribution in [2.75, 3.05) is 0 Å². The highest BCUT2D eigenvalue weighted by Crippen LogP contribution is 2.45. The van der Waals surface area contributed by atoms with Crippen molar-refractivity contribution >= 4 is 49.1 Å². The van der Waals surface area contributed by atoms with Gasteiger partial charge in [-0.05, 0) is 47.5 Å². The first-order valence-electron chi connectivity index (χ1n) is 11.7. The van der Waals surface area contributed by atoms with Crippen molar-refractivity contribution in [2.45, 2.75) is 0 Å². The number of fused-ring (bicyclic) bond motifs is 8. The van der Waals surface area contributed by atoms with Gasteiger partial charge in [0.2, 0.25) is 0 Å². The maximum atomic E-state index is 2.46. The van der Waals surface area contributed by atoms with Crippen LogP contribution in [0, 0.1) is 0 Å². The van der Waals surface area contributed by atoms with Crippen molar-refractivity contribution in [3.63, 3.8) is 0 Å². The summed E-state index contributed by atoms with van der Waals surface area (Å²) in [6, 6.07) is 43.8. The maximum absolute atomic E-state index is 2.46. The molecule has 0 radical (unpaired) electrons. The Morgan fingerprint density at radius 2 is 1.12 bits per heavy atom. The largest absolute Gasteiger partial charge is 0.307 e. The van der Waals surface area contributed by atoms with Gasteiger partial charge in [0.15, 0.2) is 0 Å². The third-order valence-electron chi connectivity index (χ3n) is 7.24. The minimum Gasteiger partial charge on any atom is -0.307 e. The minimum atomic E-state index is 1.19. The fraction of sp³-hybridized carbons (Fsp3) is 0. The van der Waals surface area contributed by atoms with Crippen molar-refractivity contribution in [2.24, 2.45) is 0 Å². The number of hydrogen-bond acceptors (Lipinski definition) is 0. The molecule has 8 aromatic rings. The second-order valence-electron chi connectivity index (χ2n) is 9.02. The van der Waals surface area contributed by atoms with Crippen molar-refractivity contribution in [3.8, 4) is 16.8 Å². The van der Waals surface area contributed by atoms with E-state index < -0.39 is 0 Å². The Kier molecular flexibility index (Phi) is 3.42. The third kappa shape index (κ3) is 2.20. The van der Waals surface area contributed by atoms with E-state index in [1.165, 1.54) is 65.9 Å². The van der Waals surface area contributed by atoms with Gasteiger partial charge in [-0.25, -0.2) is 0 Å². The van der Waals surface area contributed by atoms with Gasteiger partial charge in [0.1, 0.15) is 0 Å². The summed E-state index contributed by atoms with van der Waals surface area (Å²) >= 11 is 0. The zero-order chi connectivity index (χ0) is 22.2. The van der Waals surface area contributed by atoms with E-state index in [0.717, 1.165) is 0 Å². The molecule has 0 atom stereocenters. The van der Waals surface area contributed by atoms with Crippen LogP contribution >= 0.6 is 0 Å². The molecule has 0 saturated heterocycles. The van der Waals surface area contributed by atoms with E-state index >= 15 is 0 Å². The molecule has 0 amide bonds. The van der Waals surface area contributed by atoms with Crippen molar-refractivity contribution in [1.82, 2.24) is 8.97 Å². The van der Waals surface area contributed by atoms with Crippen LogP contribution in [-0.4, -0.2) is 8.97 Å². The van der Waals surface area contributed by atoms with Crippen molar-refractivity contribution < 1.29 is 0 Å². The highest BCUT2D eigenvalue weighted by atomic mass is 15.0. The van der Waals surface area contributed by atoms with E-state index in [1.807, 2.05) is 0 Å². The van der Waals surface area contributed by atoms with Crippen LogP contribution in [0.25, 0.3) is 65.9 Å². The van der Waals surface area contributed by atoms with Crippen LogP contribution in [-0.2, 0) is 0 Å². The van der Waals surface area contributed by atoms with E-state index in [9.17, 15) is 0 Å². The molecule has 4 heterocycles. The second-order valence-corrected chi connectivity index (χ2v) is 9.02. The molecule has 0 unspecified atom stereocenters. The first-order valence-corrected chi connectivity index (χ1v) is 11.7. The number of benzene rings is 4. The Morgan fingerprint density at radius 3 is 1.94 bits per heavy atom. The summed E-state index contributed by atoms with van der Waals surface area (Å²) in [4.78, 5) is 0. The Bertz CT molecular complexity index is 1990. The zero-order valence-corrected chi connectivity index (χ0v) is 18.4. The van der Waals surface area contributed by atoms with Gasteiger partial charge in [0.05, 0.1) is 27.6 Å². The highest BCUT2D eigenvalue weighted by molar-refractivity contribution is 6.29. The Morgan fingerprint density at radius 1 is 0.412 bits per heavy atom. The van der Waals surface area contributed by atoms with E-state index in [1.54, 1.807) is 0 Å². The van der Waals surface area contributed by atoms with Gasteiger partial charge >= 0.3 is 0 Å². The van der Waals surface area contributed by atoms with Gasteiger partial charge < -0.3 is 8.97 Å². The standard InChI is InChI=1S/C32H20N2/c1-3-10-21(11-4-1)22-18-19-28-26(20-22)30-29-17-9-16-27-24-14-7-8-15-25(24)31(34(27)29)32(30)33(28)23-12-5-2-6-13-23/h1-20H. The number of aromatic nitrogens is 2. The topological polar surface area (TPSA) is 9.34 Å². The van der Waals surface area contributed by atoms with Gasteiger partial charge in [-0.15, -0.1) is 0 Å². The monoisotopic (exact) mass is 432 g/mol. The molecule has 0 aliphatic rings. The Labute approximate surface area is 196 Å². The molecule has 0 N–H and O–H groups in total. The molecule has 0 bridgehead atoms. The summed E-state index contributed by atoms with van der Waals surface area (Å²) in [5.74, 6) is 0. The van der Waals surface area contributed by atoms with Crippen LogP contribution in [0.15, 0.2) is 121 Å². The lowest BCUT2D eigenvalue weighted by atomic mass is 10.0. The number of pyridine rings is 1. The molecule has 0 fully saturated rings. The number of nitrogens with zero attached hydrogens (tertiary/aromatic N) is 2. The Hall–Kier alpha value is -4.56. The first kappa shape index (κ1) is 17.9. The second kappa shape index (κ2) is 6.49. The minimum absolute atomic E-state index is 1.19. The van der Waals surface area contributed by atoms with Crippen LogP contribution in [0.1, 0.15) is 0 Å². The molecule has 0 saturated carbocycles. The molecule has 4 aromatic carbocycles. The van der Waals surface area contributed by atoms with E-state index in [2.05, 4.69) is 130 Å². The normalized spacial score (nSPS) is 12.1. The SMILES string of the molecule is c1ccc(-c2ccc3c(c2)c2c(c4c5ccccc5c5cccc2n54)n3-c2ccccc2)cc1. The van der Waals surface area contributed by atoms with Crippen LogP contribution in [0.2, 0.25) is 0 Å². The Balaban J connectivity index is 1.65. The molecule has 0 aliphatic carbocycles. The maximum Gasteiger partial charge on any atom is 0.0810 e. The third-order valence-corrected chi connectivity index (χ3v) is 7.24. The number of para-hydroxylation sites is 1. The number of hydrogen-bond donors (Lipinski definition) is 0. The summed E-state index contributed by atoms with van der Waals surface area (Å²) in [6.45, 7) is 0. The molecule has 8 rings (SSSR count). The lowest BCUT2D eigenvalue weighted by Gasteiger charge is -2.09. The summed E-state index contributed by atoms with van der Waals surface area (Å²) in [5, 5.41) is 5.22. The fourth-order valence-corrected chi connectivity index (χ4v) is 5.85. The predicted octanol–water partition coefficient (Wildman–Crippen LogP) is 8.45. The molecule has 158 valence electrons. The summed E-state index contributed by atoms with van der Waals surface area (Å²) in [7, 11) is 0. The highest BCUT2D eigenvalue weighted by Gasteiger charge is 2.24. The lowest BCUT2D eigenvalue weighted by Crippen LogP contribution is -1.93. The molecular formula is C32H20N2. The average Bonchev–Trinajstić information content (AvgIpc) is 3.54. The van der Waals surface area contributed by atoms with Crippen LogP contribution in [0.3, 0.4) is 0 Å². The quantitative estimate of drug-likeness (QED) is 0.259. The zero-order valence-electron chi connectivity index (χ0n) is 18.4. The molecule has 0 spiro atoms. The average molecular weight is 433 g/mol. The number of rotatable bonds is 2. The molecular weight excluding hydrogens is 412 g/mol. The van der Waals surface area contributed by atoms with Gasteiger partial charge in [-0.3, -0.25) is 0 Å². The van der Waals surface area contributed by atoms with Crippen LogP contribution in [0.4, 0.5) is 0 Å². The van der Waals surface area contributed by atoms with E-state index in [4.69, 9.17) is 0 Å². The van der Waals surface area contributed by atoms with Crippen molar-refractivity contribution in [3.05, 3.63) is 121 Å². The van der Waals surface area contributed by atoms with E-state index in [0.29, 0.717) is 0 Å². The van der Waals surface area contributed by atoms with Crippen LogP contribution < -0.4 is 0 Å². The molecule has 34 heavy (non-hydrogen) atoms. The molecule has 4 aromatic heterocycles. The van der Waals surface area contributed by atoms with Gasteiger partial charge in [0.25, 0.3) is 0 Å². The van der Waals surface area contributed by atoms with Gasteiger partial charge in [-0.2, -0.15) is 0 Å². The van der Waals surface area contributed by atoms with Crippen LogP contribution in [0.5, 0.6) is 0 Å². The smallest absolute Gasteiger partial charge is 0.0810 e. The van der Waals surface area contributed by atoms with Gasteiger partial charge in [0, 0.05) is 27.2 Å². The summed E-state index contributed by atoms with van der Waals surface area (Å²) in [6.07, 6.45) is 0. The first-order chi connectivity index (χ1) is 16.9.